The van der Waals surface area contributed by atoms with Gasteiger partial charge in [-0.25, -0.2) is 4.79 Å². The van der Waals surface area contributed by atoms with Crippen LogP contribution in [0.4, 0.5) is 4.79 Å². The maximum Gasteiger partial charge on any atom is 0.408 e. The number of alkyl carbamates (subject to hydrolysis) is 1. The zero-order chi connectivity index (χ0) is 28.5. The van der Waals surface area contributed by atoms with E-state index in [-0.39, 0.29) is 35.9 Å². The highest BCUT2D eigenvalue weighted by molar-refractivity contribution is 5.75. The minimum atomic E-state index is -0.623. The van der Waals surface area contributed by atoms with Crippen LogP contribution in [0.15, 0.2) is 18.2 Å². The monoisotopic (exact) mass is 535 g/mol. The van der Waals surface area contributed by atoms with Crippen LogP contribution in [0, 0.1) is 23.7 Å². The number of ether oxygens (including phenoxy) is 5. The SMILES string of the molecule is COCCCOc1cc(C[C@@H](C[C@H](NC(=O)OC(C)(C)C)[C@@H]2C[C@H](C(C)C)C(=O)O2)C(C)C)ccc1OC. The minimum absolute atomic E-state index is 0.167. The van der Waals surface area contributed by atoms with Crippen molar-refractivity contribution in [3.63, 3.8) is 0 Å². The summed E-state index contributed by atoms with van der Waals surface area (Å²) >= 11 is 0. The van der Waals surface area contributed by atoms with E-state index in [9.17, 15) is 9.59 Å². The van der Waals surface area contributed by atoms with Crippen molar-refractivity contribution in [3.05, 3.63) is 23.8 Å². The maximum atomic E-state index is 12.8. The molecule has 216 valence electrons. The molecule has 1 N–H and O–H groups in total. The molecule has 1 saturated heterocycles. The van der Waals surface area contributed by atoms with Crippen LogP contribution in [0.2, 0.25) is 0 Å². The maximum absolute atomic E-state index is 12.8. The molecule has 1 aliphatic rings. The quantitative estimate of drug-likeness (QED) is 0.238. The Hall–Kier alpha value is -2.48. The first-order chi connectivity index (χ1) is 17.8. The van der Waals surface area contributed by atoms with Crippen LogP contribution in [0.3, 0.4) is 0 Å². The van der Waals surface area contributed by atoms with E-state index in [2.05, 4.69) is 25.2 Å². The molecule has 8 nitrogen and oxygen atoms in total. The van der Waals surface area contributed by atoms with Gasteiger partial charge in [0.2, 0.25) is 0 Å². The van der Waals surface area contributed by atoms with E-state index in [0.717, 1.165) is 18.4 Å². The van der Waals surface area contributed by atoms with Gasteiger partial charge >= 0.3 is 12.1 Å². The summed E-state index contributed by atoms with van der Waals surface area (Å²) in [6, 6.07) is 5.66. The first-order valence-corrected chi connectivity index (χ1v) is 13.8. The van der Waals surface area contributed by atoms with E-state index in [1.807, 2.05) is 46.8 Å². The van der Waals surface area contributed by atoms with Gasteiger partial charge < -0.3 is 29.0 Å². The van der Waals surface area contributed by atoms with Crippen LogP contribution in [0.5, 0.6) is 11.5 Å². The van der Waals surface area contributed by atoms with Crippen LogP contribution >= 0.6 is 0 Å². The van der Waals surface area contributed by atoms with E-state index in [1.165, 1.54) is 0 Å². The Kier molecular flexibility index (Phi) is 12.2. The molecule has 4 atom stereocenters. The van der Waals surface area contributed by atoms with Crippen molar-refractivity contribution in [2.24, 2.45) is 23.7 Å². The van der Waals surface area contributed by atoms with Crippen molar-refractivity contribution in [3.8, 4) is 11.5 Å². The zero-order valence-electron chi connectivity index (χ0n) is 24.8. The number of cyclic esters (lactones) is 1. The summed E-state index contributed by atoms with van der Waals surface area (Å²) in [4.78, 5) is 25.4. The lowest BCUT2D eigenvalue weighted by Gasteiger charge is -2.31. The smallest absolute Gasteiger partial charge is 0.408 e. The Morgan fingerprint density at radius 3 is 2.37 bits per heavy atom. The molecule has 0 spiro atoms. The van der Waals surface area contributed by atoms with Crippen molar-refractivity contribution >= 4 is 12.1 Å². The van der Waals surface area contributed by atoms with Crippen molar-refractivity contribution in [1.82, 2.24) is 5.32 Å². The molecule has 1 aromatic carbocycles. The lowest BCUT2D eigenvalue weighted by molar-refractivity contribution is -0.146. The van der Waals surface area contributed by atoms with Gasteiger partial charge in [-0.15, -0.1) is 0 Å². The normalized spacial score (nSPS) is 19.3. The Balaban J connectivity index is 2.23. The number of carbonyl (C=O) groups excluding carboxylic acids is 2. The Labute approximate surface area is 229 Å². The highest BCUT2D eigenvalue weighted by atomic mass is 16.6. The number of methoxy groups -OCH3 is 2. The van der Waals surface area contributed by atoms with Crippen LogP contribution in [0.25, 0.3) is 0 Å². The number of hydrogen-bond acceptors (Lipinski definition) is 7. The van der Waals surface area contributed by atoms with Gasteiger partial charge in [0.1, 0.15) is 11.7 Å². The third-order valence-electron chi connectivity index (χ3n) is 6.99. The predicted octanol–water partition coefficient (Wildman–Crippen LogP) is 5.80. The van der Waals surface area contributed by atoms with Crippen LogP contribution in [-0.2, 0) is 25.4 Å². The standard InChI is InChI=1S/C30H49NO7/c1-19(2)22(15-21-11-12-25(35-9)27(16-21)36-14-10-13-34-8)17-24(31-29(33)38-30(5,6)7)26-18-23(20(3)4)28(32)37-26/h11-12,16,19-20,22-24,26H,10,13-15,17-18H2,1-9H3,(H,31,33)/t22-,23+,24-,26-/m0/s1. The fourth-order valence-corrected chi connectivity index (χ4v) is 4.75. The lowest BCUT2D eigenvalue weighted by atomic mass is 9.81. The van der Waals surface area contributed by atoms with Gasteiger partial charge in [0.15, 0.2) is 11.5 Å². The van der Waals surface area contributed by atoms with Gasteiger partial charge in [-0.1, -0.05) is 33.8 Å². The summed E-state index contributed by atoms with van der Waals surface area (Å²) in [6.45, 7) is 15.1. The molecule has 2 rings (SSSR count). The van der Waals surface area contributed by atoms with E-state index in [0.29, 0.717) is 43.5 Å². The third-order valence-corrected chi connectivity index (χ3v) is 6.99. The third kappa shape index (κ3) is 10.0. The van der Waals surface area contributed by atoms with Gasteiger partial charge in [-0.2, -0.15) is 0 Å². The summed E-state index contributed by atoms with van der Waals surface area (Å²) in [5, 5.41) is 3.04. The minimum Gasteiger partial charge on any atom is -0.493 e. The van der Waals surface area contributed by atoms with E-state index in [4.69, 9.17) is 23.7 Å². The van der Waals surface area contributed by atoms with Gasteiger partial charge in [-0.3, -0.25) is 4.79 Å². The number of amides is 1. The highest BCUT2D eigenvalue weighted by Crippen LogP contribution is 2.34. The lowest BCUT2D eigenvalue weighted by Crippen LogP contribution is -2.47. The summed E-state index contributed by atoms with van der Waals surface area (Å²) in [6.07, 6.45) is 1.91. The molecule has 0 radical (unpaired) electrons. The first kappa shape index (κ1) is 31.7. The molecular weight excluding hydrogens is 486 g/mol. The fourth-order valence-electron chi connectivity index (χ4n) is 4.75. The molecule has 0 bridgehead atoms. The highest BCUT2D eigenvalue weighted by Gasteiger charge is 2.42. The molecule has 0 aromatic heterocycles. The van der Waals surface area contributed by atoms with Crippen molar-refractivity contribution in [1.29, 1.82) is 0 Å². The molecule has 1 fully saturated rings. The molecule has 0 saturated carbocycles. The number of hydrogen-bond donors (Lipinski definition) is 1. The number of esters is 1. The summed E-state index contributed by atoms with van der Waals surface area (Å²) in [7, 11) is 3.31. The van der Waals surface area contributed by atoms with Crippen molar-refractivity contribution < 1.29 is 33.3 Å². The molecule has 1 heterocycles. The molecule has 1 aliphatic heterocycles. The Bertz CT molecular complexity index is 893. The van der Waals surface area contributed by atoms with E-state index in [1.54, 1.807) is 14.2 Å². The second kappa shape index (κ2) is 14.6. The summed E-state index contributed by atoms with van der Waals surface area (Å²) in [5.74, 6) is 1.75. The second-order valence-electron chi connectivity index (χ2n) is 11.9. The van der Waals surface area contributed by atoms with Gasteiger partial charge in [0.25, 0.3) is 0 Å². The van der Waals surface area contributed by atoms with Crippen LogP contribution < -0.4 is 14.8 Å². The molecule has 38 heavy (non-hydrogen) atoms. The molecular formula is C30H49NO7. The Morgan fingerprint density at radius 1 is 1.11 bits per heavy atom. The topological polar surface area (TPSA) is 92.3 Å². The largest absolute Gasteiger partial charge is 0.493 e. The van der Waals surface area contributed by atoms with Crippen molar-refractivity contribution in [2.75, 3.05) is 27.4 Å². The van der Waals surface area contributed by atoms with E-state index >= 15 is 0 Å². The molecule has 0 aliphatic carbocycles. The number of rotatable bonds is 14. The molecule has 8 heteroatoms. The molecule has 0 unspecified atom stereocenters. The number of carbonyl (C=O) groups is 2. The zero-order valence-corrected chi connectivity index (χ0v) is 24.8. The van der Waals surface area contributed by atoms with Crippen LogP contribution in [-0.4, -0.2) is 57.2 Å². The molecule has 1 aromatic rings. The summed E-state index contributed by atoms with van der Waals surface area (Å²) < 4.78 is 28.0. The molecule has 1 amide bonds. The summed E-state index contributed by atoms with van der Waals surface area (Å²) in [5.41, 5.74) is 0.493. The average molecular weight is 536 g/mol. The van der Waals surface area contributed by atoms with E-state index < -0.39 is 11.7 Å². The average Bonchev–Trinajstić information content (AvgIpc) is 3.21. The fraction of sp³-hybridized carbons (Fsp3) is 0.733. The van der Waals surface area contributed by atoms with Crippen LogP contribution in [0.1, 0.15) is 73.3 Å². The Morgan fingerprint density at radius 2 is 1.82 bits per heavy atom. The van der Waals surface area contributed by atoms with Gasteiger partial charge in [-0.05, 0) is 75.5 Å². The first-order valence-electron chi connectivity index (χ1n) is 13.8. The number of nitrogens with one attached hydrogen (secondary N) is 1. The van der Waals surface area contributed by atoms with Crippen molar-refractivity contribution in [2.45, 2.75) is 91.9 Å². The second-order valence-corrected chi connectivity index (χ2v) is 11.9. The predicted molar refractivity (Wildman–Crippen MR) is 148 cm³/mol. The van der Waals surface area contributed by atoms with Gasteiger partial charge in [0, 0.05) is 20.1 Å². The number of benzene rings is 1. The van der Waals surface area contributed by atoms with Gasteiger partial charge in [0.05, 0.1) is 25.7 Å².